The first-order valence-electron chi connectivity index (χ1n) is 5.51. The summed E-state index contributed by atoms with van der Waals surface area (Å²) in [5.41, 5.74) is 5.45. The summed E-state index contributed by atoms with van der Waals surface area (Å²) in [5.74, 6) is 2.06. The number of aliphatic hydroxyl groups excluding tert-OH is 1. The molecule has 78 valence electrons. The number of hydrogen-bond donors (Lipinski definition) is 2. The molecule has 2 heteroatoms. The fraction of sp³-hybridized carbons (Fsp3) is 1.00. The first-order valence-corrected chi connectivity index (χ1v) is 5.51. The van der Waals surface area contributed by atoms with Crippen LogP contribution in [0.4, 0.5) is 0 Å². The van der Waals surface area contributed by atoms with Crippen LogP contribution in [0.5, 0.6) is 0 Å². The fourth-order valence-corrected chi connectivity index (χ4v) is 2.73. The minimum Gasteiger partial charge on any atom is -0.393 e. The van der Waals surface area contributed by atoms with Crippen molar-refractivity contribution < 1.29 is 5.11 Å². The molecule has 0 radical (unpaired) electrons. The van der Waals surface area contributed by atoms with Gasteiger partial charge in [-0.05, 0) is 50.0 Å². The van der Waals surface area contributed by atoms with Gasteiger partial charge in [-0.1, -0.05) is 13.8 Å². The van der Waals surface area contributed by atoms with Crippen molar-refractivity contribution >= 4 is 0 Å². The predicted octanol–water partition coefficient (Wildman–Crippen LogP) is 1.77. The molecule has 0 spiro atoms. The highest BCUT2D eigenvalue weighted by Crippen LogP contribution is 2.35. The van der Waals surface area contributed by atoms with Crippen molar-refractivity contribution in [2.45, 2.75) is 45.6 Å². The molecule has 1 aliphatic carbocycles. The van der Waals surface area contributed by atoms with Crippen molar-refractivity contribution in [2.75, 3.05) is 6.54 Å². The maximum Gasteiger partial charge on any atom is 0.0580 e. The van der Waals surface area contributed by atoms with E-state index in [0.29, 0.717) is 12.5 Å². The van der Waals surface area contributed by atoms with Gasteiger partial charge in [0.2, 0.25) is 0 Å². The van der Waals surface area contributed by atoms with E-state index in [9.17, 15) is 5.11 Å². The highest BCUT2D eigenvalue weighted by atomic mass is 16.3. The van der Waals surface area contributed by atoms with E-state index in [0.717, 1.165) is 18.3 Å². The SMILES string of the molecule is CC1CC(C)CC(C(O)CCN)C1. The standard InChI is InChI=1S/C11H23NO/c1-8-5-9(2)7-10(6-8)11(13)3-4-12/h8-11,13H,3-7,12H2,1-2H3. The lowest BCUT2D eigenvalue weighted by Gasteiger charge is -2.34. The van der Waals surface area contributed by atoms with Crippen molar-refractivity contribution in [1.29, 1.82) is 0 Å². The van der Waals surface area contributed by atoms with E-state index in [4.69, 9.17) is 5.73 Å². The highest BCUT2D eigenvalue weighted by Gasteiger charge is 2.28. The normalized spacial score (nSPS) is 37.4. The molecule has 3 unspecified atom stereocenters. The summed E-state index contributed by atoms with van der Waals surface area (Å²) in [7, 11) is 0. The van der Waals surface area contributed by atoms with Crippen LogP contribution in [-0.4, -0.2) is 17.8 Å². The van der Waals surface area contributed by atoms with Gasteiger partial charge >= 0.3 is 0 Å². The van der Waals surface area contributed by atoms with Crippen molar-refractivity contribution in [3.8, 4) is 0 Å². The van der Waals surface area contributed by atoms with Gasteiger partial charge in [0.25, 0.3) is 0 Å². The molecule has 3 N–H and O–H groups in total. The third-order valence-electron chi connectivity index (χ3n) is 3.22. The molecule has 0 aromatic rings. The second-order valence-electron chi connectivity index (χ2n) is 4.82. The van der Waals surface area contributed by atoms with Gasteiger partial charge in [0, 0.05) is 0 Å². The Morgan fingerprint density at radius 1 is 1.23 bits per heavy atom. The molecule has 1 saturated carbocycles. The van der Waals surface area contributed by atoms with Crippen LogP contribution in [0.2, 0.25) is 0 Å². The van der Waals surface area contributed by atoms with Crippen molar-refractivity contribution in [3.05, 3.63) is 0 Å². The van der Waals surface area contributed by atoms with E-state index in [1.807, 2.05) is 0 Å². The summed E-state index contributed by atoms with van der Waals surface area (Å²) in [5, 5.41) is 9.83. The van der Waals surface area contributed by atoms with Crippen LogP contribution in [0, 0.1) is 17.8 Å². The average Bonchev–Trinajstić information content (AvgIpc) is 2.03. The summed E-state index contributed by atoms with van der Waals surface area (Å²) in [6, 6.07) is 0. The van der Waals surface area contributed by atoms with E-state index in [1.54, 1.807) is 0 Å². The van der Waals surface area contributed by atoms with Gasteiger partial charge in [0.05, 0.1) is 6.10 Å². The molecule has 0 aromatic heterocycles. The molecule has 0 saturated heterocycles. The van der Waals surface area contributed by atoms with Gasteiger partial charge in [0.15, 0.2) is 0 Å². The maximum absolute atomic E-state index is 9.83. The summed E-state index contributed by atoms with van der Waals surface area (Å²) in [4.78, 5) is 0. The zero-order valence-electron chi connectivity index (χ0n) is 8.87. The Hall–Kier alpha value is -0.0800. The molecule has 0 amide bonds. The van der Waals surface area contributed by atoms with Crippen LogP contribution in [0.25, 0.3) is 0 Å². The van der Waals surface area contributed by atoms with Gasteiger partial charge in [-0.25, -0.2) is 0 Å². The van der Waals surface area contributed by atoms with E-state index in [2.05, 4.69) is 13.8 Å². The highest BCUT2D eigenvalue weighted by molar-refractivity contribution is 4.79. The summed E-state index contributed by atoms with van der Waals surface area (Å²) >= 11 is 0. The molecular weight excluding hydrogens is 162 g/mol. The molecular formula is C11H23NO. The van der Waals surface area contributed by atoms with Crippen LogP contribution in [0.3, 0.4) is 0 Å². The predicted molar refractivity (Wildman–Crippen MR) is 55.3 cm³/mol. The molecule has 3 atom stereocenters. The van der Waals surface area contributed by atoms with Crippen molar-refractivity contribution in [3.63, 3.8) is 0 Å². The third kappa shape index (κ3) is 3.28. The van der Waals surface area contributed by atoms with Crippen LogP contribution in [0.1, 0.15) is 39.5 Å². The Morgan fingerprint density at radius 2 is 1.77 bits per heavy atom. The summed E-state index contributed by atoms with van der Waals surface area (Å²) < 4.78 is 0. The number of nitrogens with two attached hydrogens (primary N) is 1. The Morgan fingerprint density at radius 3 is 2.23 bits per heavy atom. The zero-order chi connectivity index (χ0) is 9.84. The maximum atomic E-state index is 9.83. The molecule has 1 rings (SSSR count). The first kappa shape index (κ1) is 11.0. The van der Waals surface area contributed by atoms with Gasteiger partial charge in [-0.15, -0.1) is 0 Å². The number of hydrogen-bond acceptors (Lipinski definition) is 2. The van der Waals surface area contributed by atoms with E-state index >= 15 is 0 Å². The molecule has 0 aliphatic heterocycles. The van der Waals surface area contributed by atoms with E-state index in [1.165, 1.54) is 19.3 Å². The van der Waals surface area contributed by atoms with Gasteiger partial charge in [-0.3, -0.25) is 0 Å². The Bertz CT molecular complexity index is 139. The topological polar surface area (TPSA) is 46.2 Å². The second-order valence-corrected chi connectivity index (χ2v) is 4.82. The minimum absolute atomic E-state index is 0.157. The summed E-state index contributed by atoms with van der Waals surface area (Å²) in [6.07, 6.45) is 4.31. The van der Waals surface area contributed by atoms with Crippen LogP contribution in [-0.2, 0) is 0 Å². The molecule has 1 fully saturated rings. The molecule has 0 bridgehead atoms. The Labute approximate surface area is 81.5 Å². The van der Waals surface area contributed by atoms with Crippen molar-refractivity contribution in [1.82, 2.24) is 0 Å². The van der Waals surface area contributed by atoms with Crippen LogP contribution >= 0.6 is 0 Å². The molecule has 13 heavy (non-hydrogen) atoms. The Kier molecular flexibility index (Phi) is 4.20. The molecule has 0 aromatic carbocycles. The lowest BCUT2D eigenvalue weighted by atomic mass is 9.74. The number of rotatable bonds is 3. The lowest BCUT2D eigenvalue weighted by molar-refractivity contribution is 0.0515. The van der Waals surface area contributed by atoms with Crippen LogP contribution < -0.4 is 5.73 Å². The smallest absolute Gasteiger partial charge is 0.0580 e. The number of aliphatic hydroxyl groups is 1. The molecule has 1 aliphatic rings. The van der Waals surface area contributed by atoms with Gasteiger partial charge in [-0.2, -0.15) is 0 Å². The quantitative estimate of drug-likeness (QED) is 0.704. The molecule has 2 nitrogen and oxygen atoms in total. The molecule has 0 heterocycles. The largest absolute Gasteiger partial charge is 0.393 e. The minimum atomic E-state index is -0.157. The lowest BCUT2D eigenvalue weighted by Crippen LogP contribution is -2.30. The fourth-order valence-electron chi connectivity index (χ4n) is 2.73. The average molecular weight is 185 g/mol. The van der Waals surface area contributed by atoms with E-state index < -0.39 is 0 Å². The zero-order valence-corrected chi connectivity index (χ0v) is 8.87. The van der Waals surface area contributed by atoms with Crippen molar-refractivity contribution in [2.24, 2.45) is 23.5 Å². The summed E-state index contributed by atoms with van der Waals surface area (Å²) in [6.45, 7) is 5.19. The van der Waals surface area contributed by atoms with Gasteiger partial charge < -0.3 is 10.8 Å². The third-order valence-corrected chi connectivity index (χ3v) is 3.22. The second kappa shape index (κ2) is 4.97. The van der Waals surface area contributed by atoms with Crippen LogP contribution in [0.15, 0.2) is 0 Å². The monoisotopic (exact) mass is 185 g/mol. The van der Waals surface area contributed by atoms with E-state index in [-0.39, 0.29) is 6.10 Å². The Balaban J connectivity index is 2.40. The first-order chi connectivity index (χ1) is 6.13. The van der Waals surface area contributed by atoms with Gasteiger partial charge in [0.1, 0.15) is 0 Å².